The molecule has 5 heteroatoms. The molecule has 100 valence electrons. The molecule has 0 N–H and O–H groups in total. The Morgan fingerprint density at radius 3 is 2.28 bits per heavy atom. The van der Waals surface area contributed by atoms with Gasteiger partial charge in [-0.05, 0) is 19.9 Å². The summed E-state index contributed by atoms with van der Waals surface area (Å²) in [7, 11) is -1.77. The topological polar surface area (TPSA) is 60.2 Å². The second-order valence-corrected chi connectivity index (χ2v) is 6.10. The van der Waals surface area contributed by atoms with Gasteiger partial charge in [0, 0.05) is 24.8 Å². The Labute approximate surface area is 109 Å². The van der Waals surface area contributed by atoms with Crippen molar-refractivity contribution in [3.05, 3.63) is 29.3 Å². The summed E-state index contributed by atoms with van der Waals surface area (Å²) < 4.78 is 29.5. The SMILES string of the molecule is CC1=[N+](C)c2ccc(C)cc2C1C.CS(=O)(=O)[O-]. The van der Waals surface area contributed by atoms with Gasteiger partial charge in [0.15, 0.2) is 5.71 Å². The molecule has 0 radical (unpaired) electrons. The number of nitrogens with zero attached hydrogens (tertiary/aromatic N) is 1. The molecule has 0 fully saturated rings. The smallest absolute Gasteiger partial charge is 0.208 e. The lowest BCUT2D eigenvalue weighted by Gasteiger charge is -2.00. The average molecular weight is 269 g/mol. The molecule has 0 saturated heterocycles. The predicted molar refractivity (Wildman–Crippen MR) is 71.7 cm³/mol. The third-order valence-electron chi connectivity index (χ3n) is 3.17. The zero-order valence-corrected chi connectivity index (χ0v) is 12.2. The molecule has 1 aliphatic rings. The van der Waals surface area contributed by atoms with Crippen molar-refractivity contribution in [2.75, 3.05) is 13.3 Å². The molecule has 2 rings (SSSR count). The van der Waals surface area contributed by atoms with Gasteiger partial charge < -0.3 is 4.55 Å². The van der Waals surface area contributed by atoms with Crippen LogP contribution in [0.25, 0.3) is 0 Å². The van der Waals surface area contributed by atoms with E-state index in [-0.39, 0.29) is 0 Å². The Morgan fingerprint density at radius 2 is 1.78 bits per heavy atom. The molecule has 1 aliphatic heterocycles. The van der Waals surface area contributed by atoms with Gasteiger partial charge in [-0.15, -0.1) is 0 Å². The van der Waals surface area contributed by atoms with E-state index in [2.05, 4.69) is 50.6 Å². The second-order valence-electron chi connectivity index (χ2n) is 4.69. The van der Waals surface area contributed by atoms with E-state index in [1.54, 1.807) is 0 Å². The maximum Gasteiger partial charge on any atom is 0.208 e. The Bertz CT molecular complexity index is 580. The van der Waals surface area contributed by atoms with Crippen LogP contribution in [0.3, 0.4) is 0 Å². The summed E-state index contributed by atoms with van der Waals surface area (Å²) in [5.74, 6) is 0.583. The van der Waals surface area contributed by atoms with Crippen molar-refractivity contribution in [2.24, 2.45) is 0 Å². The van der Waals surface area contributed by atoms with Crippen LogP contribution in [-0.2, 0) is 10.1 Å². The first-order chi connectivity index (χ1) is 8.11. The molecule has 1 aromatic carbocycles. The van der Waals surface area contributed by atoms with E-state index in [9.17, 15) is 0 Å². The Balaban J connectivity index is 0.000000280. The summed E-state index contributed by atoms with van der Waals surface area (Å²) in [6, 6.07) is 6.70. The molecule has 4 nitrogen and oxygen atoms in total. The van der Waals surface area contributed by atoms with Crippen LogP contribution in [0.4, 0.5) is 5.69 Å². The lowest BCUT2D eigenvalue weighted by molar-refractivity contribution is -0.402. The van der Waals surface area contributed by atoms with Crippen LogP contribution in [0.2, 0.25) is 0 Å². The second kappa shape index (κ2) is 5.20. The fraction of sp³-hybridized carbons (Fsp3) is 0.462. The zero-order chi connectivity index (χ0) is 14.1. The van der Waals surface area contributed by atoms with Gasteiger partial charge in [-0.25, -0.2) is 13.0 Å². The first-order valence-corrected chi connectivity index (χ1v) is 7.51. The lowest BCUT2D eigenvalue weighted by atomic mass is 9.97. The van der Waals surface area contributed by atoms with Gasteiger partial charge >= 0.3 is 0 Å². The van der Waals surface area contributed by atoms with Crippen LogP contribution in [0.1, 0.15) is 30.9 Å². The summed E-state index contributed by atoms with van der Waals surface area (Å²) in [5, 5.41) is 0. The highest BCUT2D eigenvalue weighted by Crippen LogP contribution is 2.34. The predicted octanol–water partition coefficient (Wildman–Crippen LogP) is 2.01. The Morgan fingerprint density at radius 1 is 1.28 bits per heavy atom. The van der Waals surface area contributed by atoms with Crippen LogP contribution < -0.4 is 0 Å². The molecular formula is C13H19NO3S. The summed E-state index contributed by atoms with van der Waals surface area (Å²) >= 11 is 0. The molecule has 0 bridgehead atoms. The van der Waals surface area contributed by atoms with E-state index in [4.69, 9.17) is 13.0 Å². The molecule has 1 aromatic rings. The van der Waals surface area contributed by atoms with Gasteiger partial charge in [0.25, 0.3) is 0 Å². The van der Waals surface area contributed by atoms with Crippen LogP contribution in [0, 0.1) is 6.92 Å². The number of aryl methyl sites for hydroxylation is 1. The van der Waals surface area contributed by atoms with Gasteiger partial charge in [0.2, 0.25) is 5.69 Å². The van der Waals surface area contributed by atoms with E-state index in [1.807, 2.05) is 0 Å². The quantitative estimate of drug-likeness (QED) is 0.534. The molecule has 0 aliphatic carbocycles. The Kier molecular flexibility index (Phi) is 4.29. The van der Waals surface area contributed by atoms with Gasteiger partial charge in [0.05, 0.1) is 16.0 Å². The minimum atomic E-state index is -3.92. The fourth-order valence-corrected chi connectivity index (χ4v) is 2.03. The van der Waals surface area contributed by atoms with E-state index in [0.717, 1.165) is 0 Å². The van der Waals surface area contributed by atoms with Crippen molar-refractivity contribution in [3.8, 4) is 0 Å². The molecule has 1 atom stereocenters. The van der Waals surface area contributed by atoms with Crippen molar-refractivity contribution in [1.29, 1.82) is 0 Å². The van der Waals surface area contributed by atoms with Crippen LogP contribution in [0.5, 0.6) is 0 Å². The molecule has 18 heavy (non-hydrogen) atoms. The van der Waals surface area contributed by atoms with Crippen LogP contribution in [0.15, 0.2) is 18.2 Å². The lowest BCUT2D eigenvalue weighted by Crippen LogP contribution is -2.06. The third-order valence-corrected chi connectivity index (χ3v) is 3.17. The number of hydrogen-bond donors (Lipinski definition) is 0. The zero-order valence-electron chi connectivity index (χ0n) is 11.4. The van der Waals surface area contributed by atoms with E-state index in [1.165, 1.54) is 22.5 Å². The number of benzene rings is 1. The normalized spacial score (nSPS) is 18.2. The van der Waals surface area contributed by atoms with Crippen molar-refractivity contribution >= 4 is 21.5 Å². The van der Waals surface area contributed by atoms with Crippen LogP contribution >= 0.6 is 0 Å². The first kappa shape index (κ1) is 14.9. The molecule has 0 spiro atoms. The highest BCUT2D eigenvalue weighted by Gasteiger charge is 2.30. The van der Waals surface area contributed by atoms with E-state index in [0.29, 0.717) is 12.2 Å². The molecule has 1 unspecified atom stereocenters. The fourth-order valence-electron chi connectivity index (χ4n) is 2.03. The average Bonchev–Trinajstić information content (AvgIpc) is 2.42. The van der Waals surface area contributed by atoms with Crippen molar-refractivity contribution in [1.82, 2.24) is 0 Å². The summed E-state index contributed by atoms with van der Waals surface area (Å²) in [5.41, 5.74) is 5.64. The van der Waals surface area contributed by atoms with E-state index >= 15 is 0 Å². The van der Waals surface area contributed by atoms with Gasteiger partial charge in [-0.1, -0.05) is 11.6 Å². The number of rotatable bonds is 0. The largest absolute Gasteiger partial charge is 0.748 e. The summed E-state index contributed by atoms with van der Waals surface area (Å²) in [4.78, 5) is 0. The van der Waals surface area contributed by atoms with Crippen LogP contribution in [-0.4, -0.2) is 36.6 Å². The molecule has 0 amide bonds. The minimum absolute atomic E-state index is 0.583. The maximum atomic E-state index is 9.08. The molecular weight excluding hydrogens is 250 g/mol. The standard InChI is InChI=1S/C12H16N.CH4O3S/c1-8-5-6-12-11(7-8)9(2)10(3)13(12)4;1-5(2,3)4/h5-7,9H,1-4H3;1H3,(H,2,3,4)/q+1;/p-1. The maximum absolute atomic E-state index is 9.08. The Hall–Kier alpha value is -1.20. The molecule has 0 aromatic heterocycles. The minimum Gasteiger partial charge on any atom is -0.748 e. The molecule has 0 saturated carbocycles. The third kappa shape index (κ3) is 3.65. The van der Waals surface area contributed by atoms with Gasteiger partial charge in [-0.2, -0.15) is 0 Å². The highest BCUT2D eigenvalue weighted by molar-refractivity contribution is 7.84. The monoisotopic (exact) mass is 269 g/mol. The van der Waals surface area contributed by atoms with Crippen molar-refractivity contribution in [2.45, 2.75) is 26.7 Å². The summed E-state index contributed by atoms with van der Waals surface area (Å²) in [6.07, 6.45) is 0.604. The van der Waals surface area contributed by atoms with E-state index < -0.39 is 10.1 Å². The van der Waals surface area contributed by atoms with Gasteiger partial charge in [-0.3, -0.25) is 0 Å². The number of fused-ring (bicyclic) bond motifs is 1. The van der Waals surface area contributed by atoms with Crippen molar-refractivity contribution in [3.63, 3.8) is 0 Å². The van der Waals surface area contributed by atoms with Crippen molar-refractivity contribution < 1.29 is 17.5 Å². The first-order valence-electron chi connectivity index (χ1n) is 5.70. The highest BCUT2D eigenvalue weighted by atomic mass is 32.2. The summed E-state index contributed by atoms with van der Waals surface area (Å²) in [6.45, 7) is 6.64. The van der Waals surface area contributed by atoms with Gasteiger partial charge in [0.1, 0.15) is 7.05 Å². The molecule has 1 heterocycles. The number of hydrogen-bond acceptors (Lipinski definition) is 3.